The molecule has 0 aromatic heterocycles. The number of hydrogen-bond acceptors (Lipinski definition) is 3. The van der Waals surface area contributed by atoms with E-state index in [1.807, 2.05) is 30.3 Å². The minimum atomic E-state index is -0.535. The molecule has 3 nitrogen and oxygen atoms in total. The lowest BCUT2D eigenvalue weighted by Gasteiger charge is -2.13. The highest BCUT2D eigenvalue weighted by Crippen LogP contribution is 2.54. The van der Waals surface area contributed by atoms with Crippen LogP contribution in [0.5, 0.6) is 5.75 Å². The third-order valence-corrected chi connectivity index (χ3v) is 3.36. The molecule has 1 aliphatic rings. The quantitative estimate of drug-likeness (QED) is 0.631. The lowest BCUT2D eigenvalue weighted by molar-refractivity contribution is 0.461. The van der Waals surface area contributed by atoms with Gasteiger partial charge in [0.2, 0.25) is 6.08 Å². The molecular formula is C14H11NO2. The Labute approximate surface area is 98.4 Å². The number of nitrogens with zero attached hydrogens (tertiary/aromatic N) is 1. The standard InChI is InChI=1S/C14H11NO2/c16-9-15-14(7-8-14)13-11-4-2-1-3-10(11)5-6-12(13)17/h1-6,17H,7-8H2. The van der Waals surface area contributed by atoms with Crippen LogP contribution in [0.1, 0.15) is 18.4 Å². The zero-order chi connectivity index (χ0) is 11.9. The van der Waals surface area contributed by atoms with Crippen LogP contribution in [0.25, 0.3) is 10.8 Å². The van der Waals surface area contributed by atoms with Gasteiger partial charge in [-0.15, -0.1) is 0 Å². The van der Waals surface area contributed by atoms with Crippen molar-refractivity contribution in [3.63, 3.8) is 0 Å². The zero-order valence-electron chi connectivity index (χ0n) is 9.18. The van der Waals surface area contributed by atoms with E-state index in [2.05, 4.69) is 4.99 Å². The molecule has 1 N–H and O–H groups in total. The monoisotopic (exact) mass is 225 g/mol. The summed E-state index contributed by atoms with van der Waals surface area (Å²) in [5, 5.41) is 12.0. The van der Waals surface area contributed by atoms with Crippen LogP contribution in [0.15, 0.2) is 41.4 Å². The van der Waals surface area contributed by atoms with Crippen molar-refractivity contribution in [2.75, 3.05) is 0 Å². The minimum absolute atomic E-state index is 0.209. The fourth-order valence-corrected chi connectivity index (χ4v) is 2.37. The maximum atomic E-state index is 10.5. The van der Waals surface area contributed by atoms with Crippen molar-refractivity contribution in [1.82, 2.24) is 0 Å². The van der Waals surface area contributed by atoms with Gasteiger partial charge in [0.25, 0.3) is 0 Å². The fraction of sp³-hybridized carbons (Fsp3) is 0.214. The highest BCUT2D eigenvalue weighted by atomic mass is 16.3. The molecule has 2 aromatic carbocycles. The predicted octanol–water partition coefficient (Wildman–Crippen LogP) is 2.87. The molecule has 0 saturated heterocycles. The normalized spacial score (nSPS) is 16.5. The lowest BCUT2D eigenvalue weighted by Crippen LogP contribution is -2.03. The Bertz CT molecular complexity index is 638. The molecular weight excluding hydrogens is 214 g/mol. The van der Waals surface area contributed by atoms with Crippen molar-refractivity contribution < 1.29 is 9.90 Å². The van der Waals surface area contributed by atoms with Crippen LogP contribution in [0.2, 0.25) is 0 Å². The second kappa shape index (κ2) is 3.44. The number of aliphatic imine (C=N–C) groups is 1. The zero-order valence-corrected chi connectivity index (χ0v) is 9.18. The van der Waals surface area contributed by atoms with Gasteiger partial charge in [-0.3, -0.25) is 0 Å². The van der Waals surface area contributed by atoms with Crippen molar-refractivity contribution in [2.45, 2.75) is 18.4 Å². The molecule has 0 atom stereocenters. The number of benzene rings is 2. The Morgan fingerprint density at radius 2 is 1.94 bits per heavy atom. The molecule has 0 amide bonds. The molecule has 1 saturated carbocycles. The average Bonchev–Trinajstić information content (AvgIpc) is 3.10. The first-order valence-electron chi connectivity index (χ1n) is 5.57. The molecule has 84 valence electrons. The third kappa shape index (κ3) is 1.44. The summed E-state index contributed by atoms with van der Waals surface area (Å²) < 4.78 is 0. The van der Waals surface area contributed by atoms with E-state index in [0.29, 0.717) is 0 Å². The van der Waals surface area contributed by atoms with Crippen LogP contribution < -0.4 is 0 Å². The van der Waals surface area contributed by atoms with E-state index >= 15 is 0 Å². The van der Waals surface area contributed by atoms with Crippen LogP contribution in [0.3, 0.4) is 0 Å². The van der Waals surface area contributed by atoms with E-state index in [0.717, 1.165) is 29.2 Å². The van der Waals surface area contributed by atoms with Gasteiger partial charge < -0.3 is 5.11 Å². The number of fused-ring (bicyclic) bond motifs is 1. The van der Waals surface area contributed by atoms with Gasteiger partial charge >= 0.3 is 0 Å². The summed E-state index contributed by atoms with van der Waals surface area (Å²) in [5.74, 6) is 0.209. The van der Waals surface area contributed by atoms with E-state index < -0.39 is 5.54 Å². The molecule has 0 bridgehead atoms. The first kappa shape index (κ1) is 10.1. The minimum Gasteiger partial charge on any atom is -0.508 e. The average molecular weight is 225 g/mol. The molecule has 1 fully saturated rings. The van der Waals surface area contributed by atoms with Gasteiger partial charge in [0, 0.05) is 5.56 Å². The molecule has 3 rings (SSSR count). The van der Waals surface area contributed by atoms with Gasteiger partial charge in [-0.1, -0.05) is 30.3 Å². The van der Waals surface area contributed by atoms with Gasteiger partial charge in [-0.2, -0.15) is 4.99 Å². The number of carbonyl (C=O) groups excluding carboxylic acids is 1. The Morgan fingerprint density at radius 3 is 2.65 bits per heavy atom. The molecule has 0 radical (unpaired) electrons. The Kier molecular flexibility index (Phi) is 2.03. The largest absolute Gasteiger partial charge is 0.508 e. The molecule has 1 aliphatic carbocycles. The van der Waals surface area contributed by atoms with Crippen molar-refractivity contribution >= 4 is 16.9 Å². The summed E-state index contributed by atoms with van der Waals surface area (Å²) >= 11 is 0. The second-order valence-corrected chi connectivity index (χ2v) is 4.42. The summed E-state index contributed by atoms with van der Waals surface area (Å²) in [4.78, 5) is 14.4. The number of phenolic OH excluding ortho intramolecular Hbond substituents is 1. The Morgan fingerprint density at radius 1 is 1.18 bits per heavy atom. The Balaban J connectivity index is 2.35. The topological polar surface area (TPSA) is 49.7 Å². The predicted molar refractivity (Wildman–Crippen MR) is 64.6 cm³/mol. The number of rotatable bonds is 2. The van der Waals surface area contributed by atoms with Crippen molar-refractivity contribution in [2.24, 2.45) is 4.99 Å². The lowest BCUT2D eigenvalue weighted by atomic mass is 9.96. The highest BCUT2D eigenvalue weighted by molar-refractivity contribution is 5.89. The summed E-state index contributed by atoms with van der Waals surface area (Å²) in [6.45, 7) is 0. The van der Waals surface area contributed by atoms with Crippen LogP contribution in [-0.4, -0.2) is 11.2 Å². The second-order valence-electron chi connectivity index (χ2n) is 4.42. The van der Waals surface area contributed by atoms with Crippen molar-refractivity contribution in [1.29, 1.82) is 0 Å². The molecule has 0 unspecified atom stereocenters. The first-order chi connectivity index (χ1) is 8.27. The van der Waals surface area contributed by atoms with Crippen molar-refractivity contribution in [3.8, 4) is 5.75 Å². The van der Waals surface area contributed by atoms with Crippen LogP contribution >= 0.6 is 0 Å². The van der Waals surface area contributed by atoms with Gasteiger partial charge in [0.05, 0.1) is 0 Å². The molecule has 0 aliphatic heterocycles. The van der Waals surface area contributed by atoms with E-state index in [9.17, 15) is 9.90 Å². The Hall–Kier alpha value is -2.12. The molecule has 17 heavy (non-hydrogen) atoms. The molecule has 0 spiro atoms. The SMILES string of the molecule is O=C=NC1(c2c(O)ccc3ccccc23)CC1. The van der Waals surface area contributed by atoms with E-state index in [1.165, 1.54) is 0 Å². The van der Waals surface area contributed by atoms with Gasteiger partial charge in [-0.25, -0.2) is 4.79 Å². The van der Waals surface area contributed by atoms with Crippen molar-refractivity contribution in [3.05, 3.63) is 42.0 Å². The summed E-state index contributed by atoms with van der Waals surface area (Å²) in [6.07, 6.45) is 3.22. The van der Waals surface area contributed by atoms with Crippen LogP contribution in [-0.2, 0) is 10.3 Å². The third-order valence-electron chi connectivity index (χ3n) is 3.36. The molecule has 2 aromatic rings. The maximum absolute atomic E-state index is 10.5. The maximum Gasteiger partial charge on any atom is 0.235 e. The van der Waals surface area contributed by atoms with Gasteiger partial charge in [0.15, 0.2) is 0 Å². The van der Waals surface area contributed by atoms with Gasteiger partial charge in [0.1, 0.15) is 11.3 Å². The number of isocyanates is 1. The van der Waals surface area contributed by atoms with Crippen LogP contribution in [0, 0.1) is 0 Å². The van der Waals surface area contributed by atoms with E-state index in [4.69, 9.17) is 0 Å². The molecule has 3 heteroatoms. The number of aromatic hydroxyl groups is 1. The van der Waals surface area contributed by atoms with Crippen LogP contribution in [0.4, 0.5) is 0 Å². The fourth-order valence-electron chi connectivity index (χ4n) is 2.37. The van der Waals surface area contributed by atoms with E-state index in [1.54, 1.807) is 12.1 Å². The smallest absolute Gasteiger partial charge is 0.235 e. The summed E-state index contributed by atoms with van der Waals surface area (Å²) in [6, 6.07) is 11.3. The number of phenols is 1. The molecule has 0 heterocycles. The summed E-state index contributed by atoms with van der Waals surface area (Å²) in [7, 11) is 0. The summed E-state index contributed by atoms with van der Waals surface area (Å²) in [5.41, 5.74) is 0.228. The highest BCUT2D eigenvalue weighted by Gasteiger charge is 2.47. The van der Waals surface area contributed by atoms with E-state index in [-0.39, 0.29) is 5.75 Å². The number of hydrogen-bond donors (Lipinski definition) is 1. The van der Waals surface area contributed by atoms with Gasteiger partial charge in [-0.05, 0) is 29.7 Å². The first-order valence-corrected chi connectivity index (χ1v) is 5.57.